The number of hydrogen-bond acceptors (Lipinski definition) is 5. The lowest BCUT2D eigenvalue weighted by Gasteiger charge is -2.43. The first-order chi connectivity index (χ1) is 19.5. The average molecular weight is 536 g/mol. The number of para-hydroxylation sites is 1. The van der Waals surface area contributed by atoms with Gasteiger partial charge in [0.2, 0.25) is 5.91 Å². The van der Waals surface area contributed by atoms with Crippen molar-refractivity contribution in [2.75, 3.05) is 23.8 Å². The van der Waals surface area contributed by atoms with Gasteiger partial charge >= 0.3 is 0 Å². The minimum Gasteiger partial charge on any atom is -0.494 e. The van der Waals surface area contributed by atoms with E-state index in [0.717, 1.165) is 42.4 Å². The zero-order chi connectivity index (χ0) is 27.6. The molecule has 204 valence electrons. The molecule has 4 aliphatic rings. The summed E-state index contributed by atoms with van der Waals surface area (Å²) < 4.78 is 5.87. The second-order valence-electron chi connectivity index (χ2n) is 11.3. The summed E-state index contributed by atoms with van der Waals surface area (Å²) in [5, 5.41) is 6.24. The summed E-state index contributed by atoms with van der Waals surface area (Å²) in [6, 6.07) is 20.6. The number of nitrogens with zero attached hydrogens (tertiary/aromatic N) is 1. The molecule has 4 unspecified atom stereocenters. The number of carbonyl (C=O) groups is 3. The Hall–Kier alpha value is -3.97. The monoisotopic (exact) mass is 535 g/mol. The van der Waals surface area contributed by atoms with E-state index in [2.05, 4.69) is 28.5 Å². The number of anilines is 2. The van der Waals surface area contributed by atoms with E-state index in [1.165, 1.54) is 0 Å². The van der Waals surface area contributed by atoms with Crippen molar-refractivity contribution in [2.24, 2.45) is 5.92 Å². The number of aryl methyl sites for hydroxylation is 1. The number of hydrogen-bond donors (Lipinski definition) is 2. The van der Waals surface area contributed by atoms with Gasteiger partial charge in [-0.15, -0.1) is 0 Å². The van der Waals surface area contributed by atoms with Crippen molar-refractivity contribution in [3.8, 4) is 5.75 Å². The van der Waals surface area contributed by atoms with Crippen LogP contribution < -0.4 is 15.4 Å². The Labute approximate surface area is 233 Å². The third-order valence-corrected chi connectivity index (χ3v) is 9.44. The number of ether oxygens (including phenoxy) is 1. The molecule has 7 rings (SSSR count). The van der Waals surface area contributed by atoms with Crippen LogP contribution in [0.25, 0.3) is 0 Å². The van der Waals surface area contributed by atoms with E-state index in [1.807, 2.05) is 55.5 Å². The number of benzene rings is 3. The SMILES string of the molecule is CCCOc1cccc(C(=O)C2C3CCCN3C3(C(=O)Nc4ccc(CC)cc43)C23C(=O)Nc2ccccc23)c1. The molecule has 7 heteroatoms. The molecule has 0 aliphatic carbocycles. The number of ketones is 1. The zero-order valence-corrected chi connectivity index (χ0v) is 22.8. The van der Waals surface area contributed by atoms with Crippen LogP contribution in [0.5, 0.6) is 5.75 Å². The highest BCUT2D eigenvalue weighted by atomic mass is 16.5. The minimum atomic E-state index is -1.44. The lowest BCUT2D eigenvalue weighted by molar-refractivity contribution is -0.137. The molecule has 0 radical (unpaired) electrons. The van der Waals surface area contributed by atoms with E-state index in [-0.39, 0.29) is 23.6 Å². The second kappa shape index (κ2) is 9.03. The summed E-state index contributed by atoms with van der Waals surface area (Å²) in [4.78, 5) is 46.2. The number of nitrogens with one attached hydrogen (secondary N) is 2. The molecule has 2 fully saturated rings. The third kappa shape index (κ3) is 3.01. The molecule has 4 atom stereocenters. The van der Waals surface area contributed by atoms with Gasteiger partial charge in [0.05, 0.1) is 12.5 Å². The van der Waals surface area contributed by atoms with Crippen molar-refractivity contribution in [1.82, 2.24) is 4.90 Å². The molecule has 2 spiro atoms. The highest BCUT2D eigenvalue weighted by molar-refractivity contribution is 6.21. The Kier molecular flexibility index (Phi) is 5.65. The summed E-state index contributed by atoms with van der Waals surface area (Å²) in [5.74, 6) is -0.780. The first kappa shape index (κ1) is 25.0. The maximum Gasteiger partial charge on any atom is 0.251 e. The summed E-state index contributed by atoms with van der Waals surface area (Å²) in [5.41, 5.74) is 1.70. The number of carbonyl (C=O) groups excluding carboxylic acids is 3. The van der Waals surface area contributed by atoms with Crippen molar-refractivity contribution in [2.45, 2.75) is 56.5 Å². The van der Waals surface area contributed by atoms with Crippen LogP contribution in [0.2, 0.25) is 0 Å². The Balaban J connectivity index is 1.52. The fourth-order valence-corrected chi connectivity index (χ4v) is 7.98. The quantitative estimate of drug-likeness (QED) is 0.431. The molecule has 0 aromatic heterocycles. The number of rotatable bonds is 6. The smallest absolute Gasteiger partial charge is 0.251 e. The van der Waals surface area contributed by atoms with Crippen molar-refractivity contribution in [3.05, 3.63) is 89.0 Å². The summed E-state index contributed by atoms with van der Waals surface area (Å²) in [7, 11) is 0. The van der Waals surface area contributed by atoms with Crippen LogP contribution in [-0.2, 0) is 27.0 Å². The lowest BCUT2D eigenvalue weighted by Crippen LogP contribution is -2.62. The van der Waals surface area contributed by atoms with E-state index in [9.17, 15) is 14.4 Å². The van der Waals surface area contributed by atoms with Gasteiger partial charge in [-0.05, 0) is 67.6 Å². The van der Waals surface area contributed by atoms with Crippen molar-refractivity contribution in [3.63, 3.8) is 0 Å². The van der Waals surface area contributed by atoms with E-state index in [0.29, 0.717) is 35.8 Å². The maximum absolute atomic E-state index is 14.8. The molecule has 2 N–H and O–H groups in total. The predicted octanol–water partition coefficient (Wildman–Crippen LogP) is 5.05. The van der Waals surface area contributed by atoms with Gasteiger partial charge in [0, 0.05) is 28.5 Å². The van der Waals surface area contributed by atoms with Gasteiger partial charge in [-0.2, -0.15) is 0 Å². The molecular formula is C33H33N3O4. The highest BCUT2D eigenvalue weighted by Gasteiger charge is 2.81. The molecule has 2 saturated heterocycles. The highest BCUT2D eigenvalue weighted by Crippen LogP contribution is 2.67. The van der Waals surface area contributed by atoms with Crippen LogP contribution in [0.3, 0.4) is 0 Å². The van der Waals surface area contributed by atoms with Crippen LogP contribution in [0.15, 0.2) is 66.7 Å². The largest absolute Gasteiger partial charge is 0.494 e. The maximum atomic E-state index is 14.8. The molecule has 3 aromatic rings. The van der Waals surface area contributed by atoms with Crippen LogP contribution in [-0.4, -0.2) is 41.7 Å². The van der Waals surface area contributed by atoms with Crippen LogP contribution in [0.1, 0.15) is 60.2 Å². The van der Waals surface area contributed by atoms with E-state index >= 15 is 0 Å². The summed E-state index contributed by atoms with van der Waals surface area (Å²) >= 11 is 0. The molecular weight excluding hydrogens is 502 g/mol. The topological polar surface area (TPSA) is 87.7 Å². The van der Waals surface area contributed by atoms with Crippen LogP contribution in [0.4, 0.5) is 11.4 Å². The fraction of sp³-hybridized carbons (Fsp3) is 0.364. The Morgan fingerprint density at radius 1 is 0.950 bits per heavy atom. The Morgan fingerprint density at radius 2 is 1.75 bits per heavy atom. The van der Waals surface area contributed by atoms with E-state index in [4.69, 9.17) is 4.74 Å². The minimum absolute atomic E-state index is 0.129. The predicted molar refractivity (Wildman–Crippen MR) is 153 cm³/mol. The molecule has 7 nitrogen and oxygen atoms in total. The number of fused-ring (bicyclic) bond motifs is 7. The molecule has 0 bridgehead atoms. The first-order valence-electron chi connectivity index (χ1n) is 14.4. The van der Waals surface area contributed by atoms with E-state index < -0.39 is 16.9 Å². The van der Waals surface area contributed by atoms with Crippen LogP contribution in [0, 0.1) is 5.92 Å². The summed E-state index contributed by atoms with van der Waals surface area (Å²) in [6.07, 6.45) is 3.24. The van der Waals surface area contributed by atoms with Gasteiger partial charge in [-0.25, -0.2) is 0 Å². The van der Waals surface area contributed by atoms with Crippen molar-refractivity contribution >= 4 is 29.0 Å². The van der Waals surface area contributed by atoms with Crippen molar-refractivity contribution < 1.29 is 19.1 Å². The van der Waals surface area contributed by atoms with Gasteiger partial charge in [-0.3, -0.25) is 19.3 Å². The number of Topliss-reactive ketones (excluding diaryl/α,β-unsaturated/α-hetero) is 1. The Bertz CT molecular complexity index is 1570. The molecule has 3 aromatic carbocycles. The normalized spacial score (nSPS) is 27.9. The third-order valence-electron chi connectivity index (χ3n) is 9.44. The lowest BCUT2D eigenvalue weighted by atomic mass is 9.57. The van der Waals surface area contributed by atoms with Gasteiger partial charge in [0.15, 0.2) is 5.78 Å². The Morgan fingerprint density at radius 3 is 2.58 bits per heavy atom. The number of amides is 2. The van der Waals surface area contributed by atoms with Crippen molar-refractivity contribution in [1.29, 1.82) is 0 Å². The molecule has 4 heterocycles. The second-order valence-corrected chi connectivity index (χ2v) is 11.3. The van der Waals surface area contributed by atoms with Gasteiger partial charge in [-0.1, -0.05) is 56.3 Å². The van der Waals surface area contributed by atoms with E-state index in [1.54, 1.807) is 12.1 Å². The van der Waals surface area contributed by atoms with Gasteiger partial charge in [0.25, 0.3) is 5.91 Å². The standard InChI is InChI=1S/C33H33N3O4/c1-3-17-40-22-10-7-9-21(19-22)29(37)28-27-13-8-16-36(27)33(24-18-20(4-2)14-15-26(24)35-31(33)39)32(28)23-11-5-6-12-25(23)34-30(32)38/h5-7,9-12,14-15,18-19,27-28H,3-4,8,13,16-17H2,1-2H3,(H,34,38)(H,35,39). The van der Waals surface area contributed by atoms with Crippen LogP contribution >= 0.6 is 0 Å². The van der Waals surface area contributed by atoms with Gasteiger partial charge < -0.3 is 15.4 Å². The average Bonchev–Trinajstić information content (AvgIpc) is 3.70. The molecule has 40 heavy (non-hydrogen) atoms. The fourth-order valence-electron chi connectivity index (χ4n) is 7.98. The first-order valence-corrected chi connectivity index (χ1v) is 14.4. The zero-order valence-electron chi connectivity index (χ0n) is 22.8. The molecule has 0 saturated carbocycles. The molecule has 2 amide bonds. The van der Waals surface area contributed by atoms with Gasteiger partial charge in [0.1, 0.15) is 16.7 Å². The summed E-state index contributed by atoms with van der Waals surface area (Å²) in [6.45, 7) is 5.31. The molecule has 4 aliphatic heterocycles.